The number of carbonyl (C=O) groups is 1. The second-order valence-electron chi connectivity index (χ2n) is 4.21. The van der Waals surface area contributed by atoms with Crippen LogP contribution in [0.5, 0.6) is 0 Å². The van der Waals surface area contributed by atoms with Crippen molar-refractivity contribution < 1.29 is 4.79 Å². The molecule has 1 unspecified atom stereocenters. The first-order valence-corrected chi connectivity index (χ1v) is 6.27. The van der Waals surface area contributed by atoms with Crippen molar-refractivity contribution in [1.82, 2.24) is 15.5 Å². The molecule has 0 spiro atoms. The van der Waals surface area contributed by atoms with Gasteiger partial charge in [0.05, 0.1) is 21.9 Å². The predicted molar refractivity (Wildman–Crippen MR) is 74.4 cm³/mol. The standard InChI is InChI=1S/C12H18N4OS/c1-4-10-9(5-8(3)15-16-10)12(17)14-6-7(2)11(13)18/h5,7H,4,6H2,1-3H3,(H2,13,18)(H,14,17). The molecule has 0 aliphatic rings. The van der Waals surface area contributed by atoms with Crippen molar-refractivity contribution in [3.8, 4) is 0 Å². The average molecular weight is 266 g/mol. The second kappa shape index (κ2) is 6.39. The van der Waals surface area contributed by atoms with Gasteiger partial charge in [-0.05, 0) is 19.4 Å². The quantitative estimate of drug-likeness (QED) is 0.777. The summed E-state index contributed by atoms with van der Waals surface area (Å²) in [7, 11) is 0. The van der Waals surface area contributed by atoms with Crippen molar-refractivity contribution in [2.24, 2.45) is 11.7 Å². The number of thiocarbonyl (C=S) groups is 1. The topological polar surface area (TPSA) is 80.9 Å². The van der Waals surface area contributed by atoms with Gasteiger partial charge >= 0.3 is 0 Å². The van der Waals surface area contributed by atoms with E-state index in [9.17, 15) is 4.79 Å². The zero-order valence-corrected chi connectivity index (χ0v) is 11.7. The Morgan fingerprint density at radius 2 is 2.22 bits per heavy atom. The molecule has 1 aromatic rings. The summed E-state index contributed by atoms with van der Waals surface area (Å²) in [4.78, 5) is 12.4. The van der Waals surface area contributed by atoms with Crippen LogP contribution in [0.4, 0.5) is 0 Å². The first kappa shape index (κ1) is 14.5. The van der Waals surface area contributed by atoms with Crippen molar-refractivity contribution in [3.05, 3.63) is 23.0 Å². The van der Waals surface area contributed by atoms with Crippen molar-refractivity contribution in [3.63, 3.8) is 0 Å². The minimum atomic E-state index is -0.159. The number of nitrogens with one attached hydrogen (secondary N) is 1. The Labute approximate surface area is 112 Å². The summed E-state index contributed by atoms with van der Waals surface area (Å²) in [5.74, 6) is -0.183. The number of aromatic nitrogens is 2. The van der Waals surface area contributed by atoms with E-state index >= 15 is 0 Å². The first-order valence-electron chi connectivity index (χ1n) is 5.86. The molecule has 0 aromatic carbocycles. The summed E-state index contributed by atoms with van der Waals surface area (Å²) < 4.78 is 0. The second-order valence-corrected chi connectivity index (χ2v) is 4.68. The van der Waals surface area contributed by atoms with Gasteiger partial charge in [0.25, 0.3) is 5.91 Å². The van der Waals surface area contributed by atoms with Gasteiger partial charge in [-0.25, -0.2) is 0 Å². The molecule has 0 bridgehead atoms. The molecule has 0 fully saturated rings. The Hall–Kier alpha value is -1.56. The summed E-state index contributed by atoms with van der Waals surface area (Å²) in [5.41, 5.74) is 7.49. The van der Waals surface area contributed by atoms with Crippen LogP contribution in [0.1, 0.15) is 35.6 Å². The molecule has 1 aromatic heterocycles. The number of aryl methyl sites for hydroxylation is 2. The van der Waals surface area contributed by atoms with Crippen molar-refractivity contribution in [2.45, 2.75) is 27.2 Å². The van der Waals surface area contributed by atoms with Crippen molar-refractivity contribution >= 4 is 23.1 Å². The van der Waals surface area contributed by atoms with Gasteiger partial charge in [0.15, 0.2) is 0 Å². The summed E-state index contributed by atoms with van der Waals surface area (Å²) in [5, 5.41) is 10.8. The highest BCUT2D eigenvalue weighted by Crippen LogP contribution is 2.07. The highest BCUT2D eigenvalue weighted by Gasteiger charge is 2.14. The molecule has 5 nitrogen and oxygen atoms in total. The van der Waals surface area contributed by atoms with Crippen LogP contribution < -0.4 is 11.1 Å². The van der Waals surface area contributed by atoms with E-state index in [0.29, 0.717) is 29.2 Å². The van der Waals surface area contributed by atoms with E-state index in [0.717, 1.165) is 5.69 Å². The minimum Gasteiger partial charge on any atom is -0.393 e. The molecule has 0 aliphatic heterocycles. The summed E-state index contributed by atoms with van der Waals surface area (Å²) in [6.45, 7) is 6.05. The number of nitrogens with two attached hydrogens (primary N) is 1. The van der Waals surface area contributed by atoms with Crippen molar-refractivity contribution in [2.75, 3.05) is 6.54 Å². The highest BCUT2D eigenvalue weighted by molar-refractivity contribution is 7.80. The number of amides is 1. The van der Waals surface area contributed by atoms with E-state index in [-0.39, 0.29) is 11.8 Å². The van der Waals surface area contributed by atoms with Crippen LogP contribution in [-0.2, 0) is 6.42 Å². The summed E-state index contributed by atoms with van der Waals surface area (Å²) >= 11 is 4.86. The molecular weight excluding hydrogens is 248 g/mol. The molecule has 0 radical (unpaired) electrons. The zero-order valence-electron chi connectivity index (χ0n) is 10.9. The maximum atomic E-state index is 12.0. The van der Waals surface area contributed by atoms with Gasteiger partial charge in [0, 0.05) is 12.5 Å². The lowest BCUT2D eigenvalue weighted by molar-refractivity contribution is 0.0949. The Kier molecular flexibility index (Phi) is 5.15. The molecule has 0 saturated carbocycles. The van der Waals surface area contributed by atoms with Crippen LogP contribution in [-0.4, -0.2) is 27.6 Å². The Morgan fingerprint density at radius 1 is 1.56 bits per heavy atom. The fraction of sp³-hybridized carbons (Fsp3) is 0.500. The third-order valence-electron chi connectivity index (χ3n) is 2.63. The molecule has 1 heterocycles. The number of hydrogen-bond donors (Lipinski definition) is 2. The largest absolute Gasteiger partial charge is 0.393 e. The Morgan fingerprint density at radius 3 is 2.78 bits per heavy atom. The van der Waals surface area contributed by atoms with E-state index in [1.807, 2.05) is 13.8 Å². The summed E-state index contributed by atoms with van der Waals surface area (Å²) in [6.07, 6.45) is 0.668. The first-order chi connectivity index (χ1) is 8.45. The number of carbonyl (C=O) groups excluding carboxylic acids is 1. The molecule has 6 heteroatoms. The van der Waals surface area contributed by atoms with E-state index in [2.05, 4.69) is 15.5 Å². The van der Waals surface area contributed by atoms with Crippen LogP contribution in [0.15, 0.2) is 6.07 Å². The van der Waals surface area contributed by atoms with Gasteiger partial charge < -0.3 is 11.1 Å². The molecule has 1 atom stereocenters. The molecule has 3 N–H and O–H groups in total. The van der Waals surface area contributed by atoms with Crippen LogP contribution in [0.25, 0.3) is 0 Å². The Balaban J connectivity index is 2.78. The zero-order chi connectivity index (χ0) is 13.7. The molecule has 1 amide bonds. The highest BCUT2D eigenvalue weighted by atomic mass is 32.1. The van der Waals surface area contributed by atoms with Crippen LogP contribution >= 0.6 is 12.2 Å². The van der Waals surface area contributed by atoms with Gasteiger partial charge in [-0.15, -0.1) is 0 Å². The van der Waals surface area contributed by atoms with Gasteiger partial charge in [-0.1, -0.05) is 26.1 Å². The molecular formula is C12H18N4OS. The minimum absolute atomic E-state index is 0.0232. The third kappa shape index (κ3) is 3.73. The van der Waals surface area contributed by atoms with Gasteiger partial charge in [-0.3, -0.25) is 4.79 Å². The monoisotopic (exact) mass is 266 g/mol. The lowest BCUT2D eigenvalue weighted by Gasteiger charge is -2.12. The molecule has 0 aliphatic carbocycles. The third-order valence-corrected chi connectivity index (χ3v) is 3.03. The molecule has 0 saturated heterocycles. The van der Waals surface area contributed by atoms with Crippen LogP contribution in [0, 0.1) is 12.8 Å². The number of hydrogen-bond acceptors (Lipinski definition) is 4. The predicted octanol–water partition coefficient (Wildman–Crippen LogP) is 0.999. The molecule has 18 heavy (non-hydrogen) atoms. The van der Waals surface area contributed by atoms with Gasteiger partial charge in [0.2, 0.25) is 0 Å². The SMILES string of the molecule is CCc1nnc(C)cc1C(=O)NCC(C)C(N)=S. The molecule has 98 valence electrons. The summed E-state index contributed by atoms with van der Waals surface area (Å²) in [6, 6.07) is 1.74. The number of rotatable bonds is 5. The molecule has 1 rings (SSSR count). The fourth-order valence-corrected chi connectivity index (χ4v) is 1.50. The van der Waals surface area contributed by atoms with E-state index < -0.39 is 0 Å². The lowest BCUT2D eigenvalue weighted by atomic mass is 10.1. The normalized spacial score (nSPS) is 11.9. The van der Waals surface area contributed by atoms with Crippen LogP contribution in [0.3, 0.4) is 0 Å². The van der Waals surface area contributed by atoms with Crippen LogP contribution in [0.2, 0.25) is 0 Å². The van der Waals surface area contributed by atoms with Gasteiger partial charge in [-0.2, -0.15) is 10.2 Å². The maximum Gasteiger partial charge on any atom is 0.253 e. The van der Waals surface area contributed by atoms with E-state index in [4.69, 9.17) is 18.0 Å². The van der Waals surface area contributed by atoms with Crippen molar-refractivity contribution in [1.29, 1.82) is 0 Å². The van der Waals surface area contributed by atoms with E-state index in [1.54, 1.807) is 13.0 Å². The lowest BCUT2D eigenvalue weighted by Crippen LogP contribution is -2.34. The smallest absolute Gasteiger partial charge is 0.253 e. The number of nitrogens with zero attached hydrogens (tertiary/aromatic N) is 2. The maximum absolute atomic E-state index is 12.0. The van der Waals surface area contributed by atoms with Gasteiger partial charge in [0.1, 0.15) is 0 Å². The fourth-order valence-electron chi connectivity index (χ4n) is 1.41. The van der Waals surface area contributed by atoms with E-state index in [1.165, 1.54) is 0 Å². The average Bonchev–Trinajstić information content (AvgIpc) is 2.35. The Bertz CT molecular complexity index is 461.